The highest BCUT2D eigenvalue weighted by atomic mass is 35.5. The third-order valence-electron chi connectivity index (χ3n) is 2.31. The van der Waals surface area contributed by atoms with E-state index in [0.29, 0.717) is 10.6 Å². The van der Waals surface area contributed by atoms with Crippen LogP contribution in [0.15, 0.2) is 12.1 Å². The Morgan fingerprint density at radius 2 is 2.00 bits per heavy atom. The van der Waals surface area contributed by atoms with Crippen LogP contribution in [-0.4, -0.2) is 11.8 Å². The predicted octanol–water partition coefficient (Wildman–Crippen LogP) is 2.49. The molecule has 0 saturated heterocycles. The second kappa shape index (κ2) is 4.11. The summed E-state index contributed by atoms with van der Waals surface area (Å²) in [5.41, 5.74) is 8.14. The lowest BCUT2D eigenvalue weighted by Crippen LogP contribution is -2.27. The molecule has 0 aromatic heterocycles. The van der Waals surface area contributed by atoms with Gasteiger partial charge in [0.15, 0.2) is 5.78 Å². The summed E-state index contributed by atoms with van der Waals surface area (Å²) in [4.78, 5) is 11.7. The van der Waals surface area contributed by atoms with Crippen LogP contribution >= 0.6 is 11.6 Å². The lowest BCUT2D eigenvalue weighted by Gasteiger charge is -2.10. The third kappa shape index (κ3) is 2.14. The number of halogens is 1. The monoisotopic (exact) mass is 211 g/mol. The molecule has 0 radical (unpaired) electrons. The first-order valence-electron chi connectivity index (χ1n) is 4.50. The number of rotatable bonds is 2. The van der Waals surface area contributed by atoms with Crippen molar-refractivity contribution < 1.29 is 4.79 Å². The number of Topliss-reactive ketones (excluding diaryl/α,β-unsaturated/α-hetero) is 1. The number of nitrogens with two attached hydrogens (primary N) is 1. The van der Waals surface area contributed by atoms with E-state index in [1.807, 2.05) is 19.9 Å². The molecule has 0 fully saturated rings. The van der Waals surface area contributed by atoms with Crippen LogP contribution in [0.1, 0.15) is 28.4 Å². The van der Waals surface area contributed by atoms with Gasteiger partial charge in [-0.15, -0.1) is 0 Å². The summed E-state index contributed by atoms with van der Waals surface area (Å²) in [5.74, 6) is -0.0619. The maximum atomic E-state index is 11.7. The normalized spacial score (nSPS) is 12.6. The van der Waals surface area contributed by atoms with E-state index in [4.69, 9.17) is 17.3 Å². The molecule has 0 saturated carbocycles. The second-order valence-corrected chi connectivity index (χ2v) is 3.98. The van der Waals surface area contributed by atoms with Gasteiger partial charge in [0, 0.05) is 10.6 Å². The molecule has 2 N–H and O–H groups in total. The maximum Gasteiger partial charge on any atom is 0.179 e. The van der Waals surface area contributed by atoms with Crippen LogP contribution in [0.4, 0.5) is 0 Å². The lowest BCUT2D eigenvalue weighted by atomic mass is 9.97. The van der Waals surface area contributed by atoms with E-state index in [1.54, 1.807) is 13.0 Å². The van der Waals surface area contributed by atoms with Gasteiger partial charge >= 0.3 is 0 Å². The molecule has 0 aliphatic rings. The molecule has 1 unspecified atom stereocenters. The van der Waals surface area contributed by atoms with E-state index in [1.165, 1.54) is 0 Å². The van der Waals surface area contributed by atoms with Gasteiger partial charge < -0.3 is 5.73 Å². The Morgan fingerprint density at radius 1 is 1.43 bits per heavy atom. The summed E-state index contributed by atoms with van der Waals surface area (Å²) in [6.45, 7) is 5.51. The molecule has 0 amide bonds. The standard InChI is InChI=1S/C11H14ClNO/c1-6-4-9(12)5-10(7(6)2)11(14)8(3)13/h4-5,8H,13H2,1-3H3. The van der Waals surface area contributed by atoms with Crippen molar-refractivity contribution in [3.8, 4) is 0 Å². The molecule has 1 aromatic rings. The maximum absolute atomic E-state index is 11.7. The van der Waals surface area contributed by atoms with E-state index in [2.05, 4.69) is 0 Å². The number of hydrogen-bond acceptors (Lipinski definition) is 2. The number of hydrogen-bond donors (Lipinski definition) is 1. The average molecular weight is 212 g/mol. The Kier molecular flexibility index (Phi) is 3.29. The summed E-state index contributed by atoms with van der Waals surface area (Å²) in [6, 6.07) is 3.04. The van der Waals surface area contributed by atoms with Crippen LogP contribution in [0.5, 0.6) is 0 Å². The Morgan fingerprint density at radius 3 is 2.50 bits per heavy atom. The van der Waals surface area contributed by atoms with E-state index in [-0.39, 0.29) is 5.78 Å². The molecule has 3 heteroatoms. The van der Waals surface area contributed by atoms with Gasteiger partial charge in [-0.2, -0.15) is 0 Å². The average Bonchev–Trinajstić information content (AvgIpc) is 2.09. The molecule has 0 bridgehead atoms. The van der Waals surface area contributed by atoms with E-state index < -0.39 is 6.04 Å². The minimum Gasteiger partial charge on any atom is -0.321 e. The number of carbonyl (C=O) groups is 1. The molecule has 1 aromatic carbocycles. The van der Waals surface area contributed by atoms with Crippen molar-refractivity contribution in [1.82, 2.24) is 0 Å². The minimum absolute atomic E-state index is 0.0619. The van der Waals surface area contributed by atoms with Crippen LogP contribution in [-0.2, 0) is 0 Å². The van der Waals surface area contributed by atoms with Gasteiger partial charge in [-0.1, -0.05) is 11.6 Å². The summed E-state index contributed by atoms with van der Waals surface area (Å²) >= 11 is 5.88. The van der Waals surface area contributed by atoms with Gasteiger partial charge in [-0.05, 0) is 44.0 Å². The van der Waals surface area contributed by atoms with E-state index in [0.717, 1.165) is 11.1 Å². The molecule has 1 rings (SSSR count). The fraction of sp³-hybridized carbons (Fsp3) is 0.364. The fourth-order valence-electron chi connectivity index (χ4n) is 1.32. The van der Waals surface area contributed by atoms with Crippen molar-refractivity contribution in [1.29, 1.82) is 0 Å². The molecule has 1 atom stereocenters. The largest absolute Gasteiger partial charge is 0.321 e. The molecule has 2 nitrogen and oxygen atoms in total. The molecular weight excluding hydrogens is 198 g/mol. The molecule has 14 heavy (non-hydrogen) atoms. The van der Waals surface area contributed by atoms with Crippen molar-refractivity contribution in [3.05, 3.63) is 33.8 Å². The number of benzene rings is 1. The van der Waals surface area contributed by atoms with Crippen molar-refractivity contribution in [2.45, 2.75) is 26.8 Å². The molecule has 0 aliphatic heterocycles. The Balaban J connectivity index is 3.27. The second-order valence-electron chi connectivity index (χ2n) is 3.55. The van der Waals surface area contributed by atoms with E-state index in [9.17, 15) is 4.79 Å². The van der Waals surface area contributed by atoms with Crippen molar-refractivity contribution in [2.75, 3.05) is 0 Å². The summed E-state index contributed by atoms with van der Waals surface area (Å²) < 4.78 is 0. The van der Waals surface area contributed by atoms with Gasteiger partial charge in [0.25, 0.3) is 0 Å². The first-order valence-corrected chi connectivity index (χ1v) is 4.88. The summed E-state index contributed by atoms with van der Waals surface area (Å²) in [6.07, 6.45) is 0. The number of aryl methyl sites for hydroxylation is 1. The van der Waals surface area contributed by atoms with Gasteiger partial charge in [-0.3, -0.25) is 4.79 Å². The summed E-state index contributed by atoms with van der Waals surface area (Å²) in [5, 5.41) is 0.581. The lowest BCUT2D eigenvalue weighted by molar-refractivity contribution is 0.0967. The topological polar surface area (TPSA) is 43.1 Å². The predicted molar refractivity (Wildman–Crippen MR) is 58.9 cm³/mol. The molecule has 76 valence electrons. The number of carbonyl (C=O) groups excluding carboxylic acids is 1. The highest BCUT2D eigenvalue weighted by Gasteiger charge is 2.15. The smallest absolute Gasteiger partial charge is 0.179 e. The Hall–Kier alpha value is -0.860. The van der Waals surface area contributed by atoms with Crippen LogP contribution in [0, 0.1) is 13.8 Å². The zero-order chi connectivity index (χ0) is 10.9. The zero-order valence-electron chi connectivity index (χ0n) is 8.60. The van der Waals surface area contributed by atoms with Crippen molar-refractivity contribution in [2.24, 2.45) is 5.73 Å². The first kappa shape index (κ1) is 11.2. The first-order chi connectivity index (χ1) is 6.43. The third-order valence-corrected chi connectivity index (χ3v) is 2.53. The van der Waals surface area contributed by atoms with Gasteiger partial charge in [-0.25, -0.2) is 0 Å². The number of ketones is 1. The highest BCUT2D eigenvalue weighted by molar-refractivity contribution is 6.31. The molecule has 0 spiro atoms. The summed E-state index contributed by atoms with van der Waals surface area (Å²) in [7, 11) is 0. The van der Waals surface area contributed by atoms with Crippen LogP contribution in [0.25, 0.3) is 0 Å². The molecule has 0 heterocycles. The Labute approximate surface area is 89.1 Å². The van der Waals surface area contributed by atoms with Crippen molar-refractivity contribution >= 4 is 17.4 Å². The molecular formula is C11H14ClNO. The van der Waals surface area contributed by atoms with Crippen LogP contribution in [0.2, 0.25) is 5.02 Å². The van der Waals surface area contributed by atoms with Crippen LogP contribution in [0.3, 0.4) is 0 Å². The quantitative estimate of drug-likeness (QED) is 0.764. The highest BCUT2D eigenvalue weighted by Crippen LogP contribution is 2.20. The van der Waals surface area contributed by atoms with Gasteiger partial charge in [0.05, 0.1) is 6.04 Å². The minimum atomic E-state index is -0.480. The van der Waals surface area contributed by atoms with Gasteiger partial charge in [0.2, 0.25) is 0 Å². The van der Waals surface area contributed by atoms with E-state index >= 15 is 0 Å². The van der Waals surface area contributed by atoms with Gasteiger partial charge in [0.1, 0.15) is 0 Å². The Bertz CT molecular complexity index is 372. The van der Waals surface area contributed by atoms with Crippen molar-refractivity contribution in [3.63, 3.8) is 0 Å². The van der Waals surface area contributed by atoms with Crippen LogP contribution < -0.4 is 5.73 Å². The molecule has 0 aliphatic carbocycles. The fourth-order valence-corrected chi connectivity index (χ4v) is 1.59. The zero-order valence-corrected chi connectivity index (χ0v) is 9.35. The SMILES string of the molecule is Cc1cc(Cl)cc(C(=O)C(C)N)c1C.